The molecule has 1 N–H and O–H groups in total. The number of hydrogen-bond donors (Lipinski definition) is 1. The second kappa shape index (κ2) is 8.26. The van der Waals surface area contributed by atoms with Gasteiger partial charge < -0.3 is 19.5 Å². The van der Waals surface area contributed by atoms with Crippen LogP contribution in [0.1, 0.15) is 23.7 Å². The van der Waals surface area contributed by atoms with Crippen molar-refractivity contribution in [3.8, 4) is 5.75 Å². The van der Waals surface area contributed by atoms with E-state index in [1.807, 2.05) is 0 Å². The van der Waals surface area contributed by atoms with Crippen LogP contribution in [0, 0.1) is 0 Å². The number of rotatable bonds is 8. The SMILES string of the molecule is COCCCOc1cccc(C(=O)N(C)C(C)C(=O)O)c1. The molecule has 21 heavy (non-hydrogen) atoms. The number of carboxylic acids is 1. The molecule has 0 saturated carbocycles. The normalized spacial score (nSPS) is 11.8. The van der Waals surface area contributed by atoms with Gasteiger partial charge in [-0.1, -0.05) is 6.07 Å². The number of aliphatic carboxylic acids is 1. The lowest BCUT2D eigenvalue weighted by Gasteiger charge is -2.21. The Morgan fingerprint density at radius 1 is 1.33 bits per heavy atom. The van der Waals surface area contributed by atoms with Crippen LogP contribution in [0.25, 0.3) is 0 Å². The highest BCUT2D eigenvalue weighted by atomic mass is 16.5. The highest BCUT2D eigenvalue weighted by molar-refractivity contribution is 5.96. The van der Waals surface area contributed by atoms with E-state index in [0.29, 0.717) is 24.5 Å². The summed E-state index contributed by atoms with van der Waals surface area (Å²) >= 11 is 0. The summed E-state index contributed by atoms with van der Waals surface area (Å²) in [6, 6.07) is 5.82. The number of carboxylic acid groups (broad SMARTS) is 1. The van der Waals surface area contributed by atoms with E-state index in [-0.39, 0.29) is 5.91 Å². The number of nitrogens with zero attached hydrogens (tertiary/aromatic N) is 1. The number of hydrogen-bond acceptors (Lipinski definition) is 4. The first-order chi connectivity index (χ1) is 9.97. The van der Waals surface area contributed by atoms with Gasteiger partial charge in [-0.25, -0.2) is 4.79 Å². The Bertz CT molecular complexity index is 489. The molecular formula is C15H21NO5. The quantitative estimate of drug-likeness (QED) is 0.738. The fourth-order valence-corrected chi connectivity index (χ4v) is 1.66. The first-order valence-electron chi connectivity index (χ1n) is 6.69. The summed E-state index contributed by atoms with van der Waals surface area (Å²) in [4.78, 5) is 24.3. The zero-order chi connectivity index (χ0) is 15.8. The average Bonchev–Trinajstić information content (AvgIpc) is 2.49. The van der Waals surface area contributed by atoms with Crippen LogP contribution in [0.3, 0.4) is 0 Å². The van der Waals surface area contributed by atoms with E-state index in [2.05, 4.69) is 0 Å². The summed E-state index contributed by atoms with van der Waals surface area (Å²) in [6.07, 6.45) is 0.755. The Kier molecular flexibility index (Phi) is 6.68. The lowest BCUT2D eigenvalue weighted by atomic mass is 10.1. The van der Waals surface area contributed by atoms with Gasteiger partial charge in [0.05, 0.1) is 6.61 Å². The maximum atomic E-state index is 12.2. The van der Waals surface area contributed by atoms with Crippen LogP contribution < -0.4 is 4.74 Å². The van der Waals surface area contributed by atoms with Crippen molar-refractivity contribution in [2.45, 2.75) is 19.4 Å². The van der Waals surface area contributed by atoms with Crippen molar-refractivity contribution in [1.29, 1.82) is 0 Å². The number of amides is 1. The molecule has 1 unspecified atom stereocenters. The Balaban J connectivity index is 2.70. The Hall–Kier alpha value is -2.08. The van der Waals surface area contributed by atoms with Crippen LogP contribution in [0.2, 0.25) is 0 Å². The number of benzene rings is 1. The van der Waals surface area contributed by atoms with Gasteiger partial charge in [0.25, 0.3) is 5.91 Å². The summed E-state index contributed by atoms with van der Waals surface area (Å²) in [5.74, 6) is -0.821. The molecule has 0 aliphatic carbocycles. The molecule has 0 radical (unpaired) electrons. The molecule has 0 saturated heterocycles. The number of carbonyl (C=O) groups excluding carboxylic acids is 1. The summed E-state index contributed by atoms with van der Waals surface area (Å²) < 4.78 is 10.4. The predicted octanol–water partition coefficient (Wildman–Crippen LogP) is 1.65. The minimum Gasteiger partial charge on any atom is -0.493 e. The molecule has 116 valence electrons. The van der Waals surface area contributed by atoms with Gasteiger partial charge in [0, 0.05) is 32.7 Å². The van der Waals surface area contributed by atoms with E-state index >= 15 is 0 Å². The summed E-state index contributed by atoms with van der Waals surface area (Å²) in [5.41, 5.74) is 0.398. The average molecular weight is 295 g/mol. The van der Waals surface area contributed by atoms with Crippen molar-refractivity contribution < 1.29 is 24.2 Å². The Morgan fingerprint density at radius 2 is 2.05 bits per heavy atom. The molecule has 1 aromatic rings. The number of methoxy groups -OCH3 is 1. The van der Waals surface area contributed by atoms with Crippen molar-refractivity contribution in [3.05, 3.63) is 29.8 Å². The second-order valence-corrected chi connectivity index (χ2v) is 4.65. The van der Waals surface area contributed by atoms with E-state index in [1.165, 1.54) is 18.9 Å². The third-order valence-electron chi connectivity index (χ3n) is 3.10. The fraction of sp³-hybridized carbons (Fsp3) is 0.467. The Morgan fingerprint density at radius 3 is 2.67 bits per heavy atom. The monoisotopic (exact) mass is 295 g/mol. The highest BCUT2D eigenvalue weighted by Gasteiger charge is 2.22. The minimum atomic E-state index is -1.04. The molecule has 0 bridgehead atoms. The topological polar surface area (TPSA) is 76.1 Å². The molecular weight excluding hydrogens is 274 g/mol. The third kappa shape index (κ3) is 5.07. The molecule has 6 nitrogen and oxygen atoms in total. The van der Waals surface area contributed by atoms with Gasteiger partial charge >= 0.3 is 5.97 Å². The molecule has 0 aliphatic heterocycles. The van der Waals surface area contributed by atoms with E-state index in [4.69, 9.17) is 14.6 Å². The molecule has 0 spiro atoms. The highest BCUT2D eigenvalue weighted by Crippen LogP contribution is 2.16. The largest absolute Gasteiger partial charge is 0.493 e. The second-order valence-electron chi connectivity index (χ2n) is 4.65. The van der Waals surface area contributed by atoms with Gasteiger partial charge in [0.2, 0.25) is 0 Å². The van der Waals surface area contributed by atoms with E-state index < -0.39 is 12.0 Å². The molecule has 1 atom stereocenters. The molecule has 1 amide bonds. The number of carbonyl (C=O) groups is 2. The Labute approximate surface area is 124 Å². The maximum Gasteiger partial charge on any atom is 0.326 e. The smallest absolute Gasteiger partial charge is 0.326 e. The van der Waals surface area contributed by atoms with Gasteiger partial charge in [-0.15, -0.1) is 0 Å². The summed E-state index contributed by atoms with van der Waals surface area (Å²) in [5, 5.41) is 8.94. The van der Waals surface area contributed by atoms with Crippen LogP contribution in [0.15, 0.2) is 24.3 Å². The third-order valence-corrected chi connectivity index (χ3v) is 3.10. The van der Waals surface area contributed by atoms with Crippen molar-refractivity contribution in [1.82, 2.24) is 4.90 Å². The van der Waals surface area contributed by atoms with Crippen molar-refractivity contribution in [2.75, 3.05) is 27.4 Å². The lowest BCUT2D eigenvalue weighted by Crippen LogP contribution is -2.40. The van der Waals surface area contributed by atoms with Crippen LogP contribution in [-0.4, -0.2) is 55.3 Å². The van der Waals surface area contributed by atoms with Crippen LogP contribution in [-0.2, 0) is 9.53 Å². The zero-order valence-electron chi connectivity index (χ0n) is 12.5. The van der Waals surface area contributed by atoms with E-state index in [1.54, 1.807) is 31.4 Å². The molecule has 6 heteroatoms. The van der Waals surface area contributed by atoms with Gasteiger partial charge in [-0.05, 0) is 25.1 Å². The standard InChI is InChI=1S/C15H21NO5/c1-11(15(18)19)16(2)14(17)12-6-4-7-13(10-12)21-9-5-8-20-3/h4,6-7,10-11H,5,8-9H2,1-3H3,(H,18,19). The lowest BCUT2D eigenvalue weighted by molar-refractivity contribution is -0.141. The van der Waals surface area contributed by atoms with Crippen molar-refractivity contribution >= 4 is 11.9 Å². The summed E-state index contributed by atoms with van der Waals surface area (Å²) in [7, 11) is 3.09. The molecule has 0 aromatic heterocycles. The molecule has 0 fully saturated rings. The first kappa shape index (κ1) is 17.0. The van der Waals surface area contributed by atoms with Gasteiger partial charge in [-0.3, -0.25) is 4.79 Å². The molecule has 1 aromatic carbocycles. The molecule has 0 heterocycles. The summed E-state index contributed by atoms with van der Waals surface area (Å²) in [6.45, 7) is 2.57. The minimum absolute atomic E-state index is 0.354. The number of ether oxygens (including phenoxy) is 2. The van der Waals surface area contributed by atoms with Gasteiger partial charge in [0.1, 0.15) is 11.8 Å². The predicted molar refractivity (Wildman–Crippen MR) is 77.6 cm³/mol. The van der Waals surface area contributed by atoms with Gasteiger partial charge in [-0.2, -0.15) is 0 Å². The van der Waals surface area contributed by atoms with Crippen molar-refractivity contribution in [3.63, 3.8) is 0 Å². The zero-order valence-corrected chi connectivity index (χ0v) is 12.5. The molecule has 1 rings (SSSR count). The number of likely N-dealkylation sites (N-methyl/N-ethyl adjacent to an activating group) is 1. The fourth-order valence-electron chi connectivity index (χ4n) is 1.66. The maximum absolute atomic E-state index is 12.2. The van der Waals surface area contributed by atoms with Crippen LogP contribution in [0.5, 0.6) is 5.75 Å². The first-order valence-corrected chi connectivity index (χ1v) is 6.69. The van der Waals surface area contributed by atoms with Crippen LogP contribution >= 0.6 is 0 Å². The van der Waals surface area contributed by atoms with Crippen molar-refractivity contribution in [2.24, 2.45) is 0 Å². The van der Waals surface area contributed by atoms with Crippen LogP contribution in [0.4, 0.5) is 0 Å². The molecule has 0 aliphatic rings. The van der Waals surface area contributed by atoms with E-state index in [0.717, 1.165) is 6.42 Å². The van der Waals surface area contributed by atoms with Gasteiger partial charge in [0.15, 0.2) is 0 Å². The van der Waals surface area contributed by atoms with E-state index in [9.17, 15) is 9.59 Å².